The van der Waals surface area contributed by atoms with Gasteiger partial charge in [0.1, 0.15) is 5.69 Å². The zero-order chi connectivity index (χ0) is 11.7. The molecule has 1 aromatic carbocycles. The molecule has 3 nitrogen and oxygen atoms in total. The van der Waals surface area contributed by atoms with E-state index >= 15 is 0 Å². The SMILES string of the molecule is Cc1cccc(-c2nn(C(C)C)cc2O)c1. The molecule has 0 radical (unpaired) electrons. The van der Waals surface area contributed by atoms with Crippen LogP contribution in [0.3, 0.4) is 0 Å². The Morgan fingerprint density at radius 3 is 2.62 bits per heavy atom. The maximum Gasteiger partial charge on any atom is 0.161 e. The molecule has 3 heteroatoms. The van der Waals surface area contributed by atoms with Crippen LogP contribution in [-0.2, 0) is 0 Å². The summed E-state index contributed by atoms with van der Waals surface area (Å²) in [7, 11) is 0. The van der Waals surface area contributed by atoms with E-state index in [0.717, 1.165) is 11.1 Å². The zero-order valence-corrected chi connectivity index (χ0v) is 9.81. The molecule has 2 aromatic rings. The molecule has 16 heavy (non-hydrogen) atoms. The van der Waals surface area contributed by atoms with E-state index < -0.39 is 0 Å². The van der Waals surface area contributed by atoms with Crippen molar-refractivity contribution < 1.29 is 5.11 Å². The van der Waals surface area contributed by atoms with Gasteiger partial charge in [0.2, 0.25) is 0 Å². The first-order valence-electron chi connectivity index (χ1n) is 5.43. The van der Waals surface area contributed by atoms with E-state index in [1.807, 2.05) is 45.0 Å². The Morgan fingerprint density at radius 1 is 1.31 bits per heavy atom. The molecule has 2 rings (SSSR count). The number of hydrogen-bond donors (Lipinski definition) is 1. The number of benzene rings is 1. The van der Waals surface area contributed by atoms with Crippen LogP contribution in [0.2, 0.25) is 0 Å². The van der Waals surface area contributed by atoms with Gasteiger partial charge in [0.15, 0.2) is 5.75 Å². The van der Waals surface area contributed by atoms with Crippen LogP contribution in [0, 0.1) is 6.92 Å². The van der Waals surface area contributed by atoms with Crippen molar-refractivity contribution in [3.8, 4) is 17.0 Å². The fraction of sp³-hybridized carbons (Fsp3) is 0.308. The molecule has 0 amide bonds. The third-order valence-corrected chi connectivity index (χ3v) is 2.53. The maximum absolute atomic E-state index is 9.84. The van der Waals surface area contributed by atoms with Gasteiger partial charge in [-0.3, -0.25) is 4.68 Å². The summed E-state index contributed by atoms with van der Waals surface area (Å²) in [5.41, 5.74) is 2.77. The van der Waals surface area contributed by atoms with Crippen molar-refractivity contribution in [2.75, 3.05) is 0 Å². The topological polar surface area (TPSA) is 38.0 Å². The van der Waals surface area contributed by atoms with Gasteiger partial charge in [-0.15, -0.1) is 0 Å². The van der Waals surface area contributed by atoms with Crippen LogP contribution in [0.5, 0.6) is 5.75 Å². The van der Waals surface area contributed by atoms with E-state index in [1.165, 1.54) is 0 Å². The Balaban J connectivity index is 2.48. The molecule has 0 fully saturated rings. The van der Waals surface area contributed by atoms with Crippen molar-refractivity contribution >= 4 is 0 Å². The Hall–Kier alpha value is -1.77. The Bertz CT molecular complexity index is 500. The normalized spacial score (nSPS) is 11.0. The number of nitrogens with zero attached hydrogens (tertiary/aromatic N) is 2. The molecule has 0 spiro atoms. The Kier molecular flexibility index (Phi) is 2.69. The number of aromatic hydroxyl groups is 1. The van der Waals surface area contributed by atoms with Gasteiger partial charge in [-0.1, -0.05) is 23.8 Å². The summed E-state index contributed by atoms with van der Waals surface area (Å²) < 4.78 is 1.77. The molecule has 1 aromatic heterocycles. The van der Waals surface area contributed by atoms with E-state index in [1.54, 1.807) is 10.9 Å². The lowest BCUT2D eigenvalue weighted by molar-refractivity contribution is 0.471. The summed E-state index contributed by atoms with van der Waals surface area (Å²) in [6.45, 7) is 6.10. The first-order valence-corrected chi connectivity index (χ1v) is 5.43. The summed E-state index contributed by atoms with van der Waals surface area (Å²) in [4.78, 5) is 0. The van der Waals surface area contributed by atoms with Crippen LogP contribution >= 0.6 is 0 Å². The first-order chi connectivity index (χ1) is 7.58. The van der Waals surface area contributed by atoms with Gasteiger partial charge >= 0.3 is 0 Å². The van der Waals surface area contributed by atoms with Gasteiger partial charge in [-0.05, 0) is 26.8 Å². The van der Waals surface area contributed by atoms with Crippen LogP contribution in [0.15, 0.2) is 30.5 Å². The highest BCUT2D eigenvalue weighted by atomic mass is 16.3. The highest BCUT2D eigenvalue weighted by molar-refractivity contribution is 5.65. The second-order valence-electron chi connectivity index (χ2n) is 4.31. The van der Waals surface area contributed by atoms with Crippen LogP contribution in [0.1, 0.15) is 25.5 Å². The predicted octanol–water partition coefficient (Wildman–Crippen LogP) is 3.15. The standard InChI is InChI=1S/C13H16N2O/c1-9(2)15-8-12(16)13(14-15)11-6-4-5-10(3)7-11/h4-9,16H,1-3H3. The molecular weight excluding hydrogens is 200 g/mol. The minimum Gasteiger partial charge on any atom is -0.504 e. The quantitative estimate of drug-likeness (QED) is 0.837. The summed E-state index contributed by atoms with van der Waals surface area (Å²) in [6, 6.07) is 8.23. The molecule has 0 saturated carbocycles. The van der Waals surface area contributed by atoms with E-state index in [4.69, 9.17) is 0 Å². The molecule has 0 aliphatic carbocycles. The number of aryl methyl sites for hydroxylation is 1. The molecule has 0 saturated heterocycles. The molecule has 0 aliphatic heterocycles. The van der Waals surface area contributed by atoms with E-state index in [0.29, 0.717) is 5.69 Å². The first kappa shape index (κ1) is 10.7. The lowest BCUT2D eigenvalue weighted by Crippen LogP contribution is -2.00. The smallest absolute Gasteiger partial charge is 0.161 e. The predicted molar refractivity (Wildman–Crippen MR) is 64.4 cm³/mol. The summed E-state index contributed by atoms with van der Waals surface area (Å²) in [5.74, 6) is 0.235. The monoisotopic (exact) mass is 216 g/mol. The molecule has 1 heterocycles. The van der Waals surface area contributed by atoms with Crippen molar-refractivity contribution in [2.24, 2.45) is 0 Å². The van der Waals surface area contributed by atoms with Gasteiger partial charge in [0.25, 0.3) is 0 Å². The van der Waals surface area contributed by atoms with Gasteiger partial charge < -0.3 is 5.11 Å². The minimum atomic E-state index is 0.235. The van der Waals surface area contributed by atoms with Crippen molar-refractivity contribution in [1.82, 2.24) is 9.78 Å². The average molecular weight is 216 g/mol. The summed E-state index contributed by atoms with van der Waals surface area (Å²) >= 11 is 0. The van der Waals surface area contributed by atoms with Gasteiger partial charge in [0, 0.05) is 11.6 Å². The van der Waals surface area contributed by atoms with Crippen molar-refractivity contribution in [2.45, 2.75) is 26.8 Å². The van der Waals surface area contributed by atoms with Gasteiger partial charge in [-0.25, -0.2) is 0 Å². The molecule has 0 atom stereocenters. The molecule has 0 unspecified atom stereocenters. The Labute approximate surface area is 95.3 Å². The largest absolute Gasteiger partial charge is 0.504 e. The van der Waals surface area contributed by atoms with Crippen LogP contribution in [0.4, 0.5) is 0 Å². The maximum atomic E-state index is 9.84. The fourth-order valence-electron chi connectivity index (χ4n) is 1.64. The van der Waals surface area contributed by atoms with Crippen LogP contribution < -0.4 is 0 Å². The molecule has 0 bridgehead atoms. The minimum absolute atomic E-state index is 0.235. The lowest BCUT2D eigenvalue weighted by atomic mass is 10.1. The molecular formula is C13H16N2O. The zero-order valence-electron chi connectivity index (χ0n) is 9.81. The third-order valence-electron chi connectivity index (χ3n) is 2.53. The van der Waals surface area contributed by atoms with Crippen molar-refractivity contribution in [3.05, 3.63) is 36.0 Å². The van der Waals surface area contributed by atoms with Crippen LogP contribution in [-0.4, -0.2) is 14.9 Å². The number of hydrogen-bond acceptors (Lipinski definition) is 2. The second-order valence-corrected chi connectivity index (χ2v) is 4.31. The third kappa shape index (κ3) is 1.94. The van der Waals surface area contributed by atoms with E-state index in [2.05, 4.69) is 5.10 Å². The second kappa shape index (κ2) is 4.00. The highest BCUT2D eigenvalue weighted by Gasteiger charge is 2.11. The highest BCUT2D eigenvalue weighted by Crippen LogP contribution is 2.28. The summed E-state index contributed by atoms with van der Waals surface area (Å²) in [6.07, 6.45) is 1.67. The molecule has 84 valence electrons. The molecule has 0 aliphatic rings. The van der Waals surface area contributed by atoms with E-state index in [-0.39, 0.29) is 11.8 Å². The van der Waals surface area contributed by atoms with Gasteiger partial charge in [0.05, 0.1) is 6.20 Å². The van der Waals surface area contributed by atoms with Crippen molar-refractivity contribution in [3.63, 3.8) is 0 Å². The summed E-state index contributed by atoms with van der Waals surface area (Å²) in [5, 5.41) is 14.2. The Morgan fingerprint density at radius 2 is 2.06 bits per heavy atom. The molecule has 1 N–H and O–H groups in total. The van der Waals surface area contributed by atoms with Crippen LogP contribution in [0.25, 0.3) is 11.3 Å². The van der Waals surface area contributed by atoms with E-state index in [9.17, 15) is 5.11 Å². The van der Waals surface area contributed by atoms with Crippen molar-refractivity contribution in [1.29, 1.82) is 0 Å². The average Bonchev–Trinajstić information content (AvgIpc) is 2.60. The number of aromatic nitrogens is 2. The number of rotatable bonds is 2. The lowest BCUT2D eigenvalue weighted by Gasteiger charge is -2.03. The van der Waals surface area contributed by atoms with Gasteiger partial charge in [-0.2, -0.15) is 5.10 Å². The fourth-order valence-corrected chi connectivity index (χ4v) is 1.64.